The lowest BCUT2D eigenvalue weighted by atomic mass is 10.5. The van der Waals surface area contributed by atoms with Crippen molar-refractivity contribution in [2.75, 3.05) is 6.54 Å². The van der Waals surface area contributed by atoms with Crippen LogP contribution >= 0.6 is 0 Å². The van der Waals surface area contributed by atoms with Crippen LogP contribution in [0.2, 0.25) is 0 Å². The van der Waals surface area contributed by atoms with Gasteiger partial charge < -0.3 is 0 Å². The first kappa shape index (κ1) is 10.4. The van der Waals surface area contributed by atoms with Gasteiger partial charge in [-0.2, -0.15) is 18.3 Å². The first-order valence-electron chi connectivity index (χ1n) is 3.47. The number of nitrogens with zero attached hydrogens (tertiary/aromatic N) is 3. The van der Waals surface area contributed by atoms with Gasteiger partial charge in [-0.3, -0.25) is 9.79 Å². The van der Waals surface area contributed by atoms with Crippen LogP contribution in [0.4, 0.5) is 13.2 Å². The standard InChI is InChI=1S/C6H5F3N4O/c7-6(8,9)5(14)13-12-4-3-10-1-2-11-4/h2-3H,1H2,(H,13,14)/b12-4+. The fourth-order valence-corrected chi connectivity index (χ4v) is 0.578. The number of carbonyl (C=O) groups is 1. The van der Waals surface area contributed by atoms with E-state index in [4.69, 9.17) is 0 Å². The van der Waals surface area contributed by atoms with Crippen LogP contribution < -0.4 is 5.43 Å². The van der Waals surface area contributed by atoms with E-state index < -0.39 is 12.1 Å². The fourth-order valence-electron chi connectivity index (χ4n) is 0.578. The lowest BCUT2D eigenvalue weighted by molar-refractivity contribution is -0.173. The van der Waals surface area contributed by atoms with E-state index >= 15 is 0 Å². The third kappa shape index (κ3) is 2.96. The van der Waals surface area contributed by atoms with Gasteiger partial charge in [0.25, 0.3) is 0 Å². The lowest BCUT2D eigenvalue weighted by Gasteiger charge is -2.03. The summed E-state index contributed by atoms with van der Waals surface area (Å²) >= 11 is 0. The van der Waals surface area contributed by atoms with E-state index in [9.17, 15) is 18.0 Å². The number of hydrogen-bond donors (Lipinski definition) is 1. The van der Waals surface area contributed by atoms with Crippen molar-refractivity contribution in [2.24, 2.45) is 15.1 Å². The maximum atomic E-state index is 11.6. The molecular formula is C6H5F3N4O. The molecule has 1 heterocycles. The Kier molecular flexibility index (Phi) is 2.95. The maximum Gasteiger partial charge on any atom is 0.473 e. The minimum Gasteiger partial charge on any atom is -0.283 e. The summed E-state index contributed by atoms with van der Waals surface area (Å²) < 4.78 is 34.9. The van der Waals surface area contributed by atoms with Crippen molar-refractivity contribution in [2.45, 2.75) is 6.18 Å². The van der Waals surface area contributed by atoms with E-state index in [1.807, 2.05) is 0 Å². The molecule has 1 aliphatic rings. The zero-order chi connectivity index (χ0) is 10.6. The van der Waals surface area contributed by atoms with Gasteiger partial charge in [0.15, 0.2) is 5.84 Å². The van der Waals surface area contributed by atoms with Crippen LogP contribution in [0.3, 0.4) is 0 Å². The summed E-state index contributed by atoms with van der Waals surface area (Å²) in [7, 11) is 0. The Morgan fingerprint density at radius 3 is 2.79 bits per heavy atom. The molecule has 0 saturated heterocycles. The van der Waals surface area contributed by atoms with Crippen LogP contribution in [-0.4, -0.2) is 36.9 Å². The molecule has 0 aromatic heterocycles. The average Bonchev–Trinajstić information content (AvgIpc) is 2.14. The van der Waals surface area contributed by atoms with Gasteiger partial charge in [-0.1, -0.05) is 0 Å². The molecule has 0 aromatic carbocycles. The molecule has 76 valence electrons. The first-order chi connectivity index (χ1) is 6.50. The highest BCUT2D eigenvalue weighted by atomic mass is 19.4. The Labute approximate surface area is 76.4 Å². The first-order valence-corrected chi connectivity index (χ1v) is 3.47. The molecule has 0 fully saturated rings. The minimum atomic E-state index is -4.94. The number of hydrogen-bond acceptors (Lipinski definition) is 3. The molecule has 0 bridgehead atoms. The van der Waals surface area contributed by atoms with Crippen molar-refractivity contribution in [3.8, 4) is 0 Å². The van der Waals surface area contributed by atoms with Gasteiger partial charge in [-0.25, -0.2) is 10.4 Å². The van der Waals surface area contributed by atoms with Gasteiger partial charge in [0.2, 0.25) is 0 Å². The molecule has 0 atom stereocenters. The third-order valence-electron chi connectivity index (χ3n) is 1.15. The molecule has 0 spiro atoms. The third-order valence-corrected chi connectivity index (χ3v) is 1.15. The predicted octanol–water partition coefficient (Wildman–Crippen LogP) is 0.134. The second-order valence-corrected chi connectivity index (χ2v) is 2.21. The number of hydrazone groups is 1. The number of amidine groups is 1. The molecular weight excluding hydrogens is 201 g/mol. The molecule has 5 nitrogen and oxygen atoms in total. The van der Waals surface area contributed by atoms with Crippen LogP contribution in [0.25, 0.3) is 0 Å². The summed E-state index contributed by atoms with van der Waals surface area (Å²) in [5.41, 5.74) is 1.31. The molecule has 1 aliphatic heterocycles. The Morgan fingerprint density at radius 2 is 2.29 bits per heavy atom. The zero-order valence-corrected chi connectivity index (χ0v) is 6.75. The second-order valence-electron chi connectivity index (χ2n) is 2.21. The van der Waals surface area contributed by atoms with E-state index in [2.05, 4.69) is 15.1 Å². The van der Waals surface area contributed by atoms with E-state index in [0.717, 1.165) is 6.21 Å². The number of carbonyl (C=O) groups excluding carboxylic acids is 1. The Hall–Kier alpha value is -1.73. The fraction of sp³-hybridized carbons (Fsp3) is 0.333. The van der Waals surface area contributed by atoms with Gasteiger partial charge in [0, 0.05) is 6.21 Å². The molecule has 1 rings (SSSR count). The van der Waals surface area contributed by atoms with Gasteiger partial charge >= 0.3 is 12.1 Å². The summed E-state index contributed by atoms with van der Waals surface area (Å²) in [5, 5.41) is 3.10. The molecule has 14 heavy (non-hydrogen) atoms. The van der Waals surface area contributed by atoms with E-state index in [1.54, 1.807) is 0 Å². The van der Waals surface area contributed by atoms with Crippen LogP contribution in [0, 0.1) is 0 Å². The Balaban J connectivity index is 2.55. The van der Waals surface area contributed by atoms with Gasteiger partial charge in [-0.05, 0) is 0 Å². The molecule has 0 unspecified atom stereocenters. The summed E-state index contributed by atoms with van der Waals surface area (Å²) in [6, 6.07) is 0. The van der Waals surface area contributed by atoms with Crippen LogP contribution in [-0.2, 0) is 4.79 Å². The van der Waals surface area contributed by atoms with Crippen molar-refractivity contribution in [3.05, 3.63) is 0 Å². The van der Waals surface area contributed by atoms with Crippen molar-refractivity contribution in [3.63, 3.8) is 0 Å². The smallest absolute Gasteiger partial charge is 0.283 e. The molecule has 0 saturated carbocycles. The lowest BCUT2D eigenvalue weighted by Crippen LogP contribution is -2.34. The molecule has 8 heteroatoms. The van der Waals surface area contributed by atoms with Crippen molar-refractivity contribution in [1.29, 1.82) is 0 Å². The number of alkyl halides is 3. The van der Waals surface area contributed by atoms with Gasteiger partial charge in [0.05, 0.1) is 12.8 Å². The number of nitrogens with one attached hydrogen (secondary N) is 1. The normalized spacial score (nSPS) is 18.6. The summed E-state index contributed by atoms with van der Waals surface area (Å²) in [6.07, 6.45) is -2.42. The van der Waals surface area contributed by atoms with Crippen molar-refractivity contribution >= 4 is 24.2 Å². The highest BCUT2D eigenvalue weighted by Gasteiger charge is 2.38. The topological polar surface area (TPSA) is 66.2 Å². The Morgan fingerprint density at radius 1 is 1.57 bits per heavy atom. The number of amides is 1. The van der Waals surface area contributed by atoms with Crippen LogP contribution in [0.5, 0.6) is 0 Å². The highest BCUT2D eigenvalue weighted by Crippen LogP contribution is 2.13. The minimum absolute atomic E-state index is 0.0751. The number of rotatable bonds is 1. The van der Waals surface area contributed by atoms with E-state index in [0.29, 0.717) is 6.54 Å². The largest absolute Gasteiger partial charge is 0.473 e. The maximum absolute atomic E-state index is 11.6. The molecule has 0 aromatic rings. The molecule has 1 amide bonds. The van der Waals surface area contributed by atoms with Gasteiger partial charge in [0.1, 0.15) is 0 Å². The number of halogens is 3. The van der Waals surface area contributed by atoms with Gasteiger partial charge in [-0.15, -0.1) is 0 Å². The molecule has 1 N–H and O–H groups in total. The molecule has 0 aliphatic carbocycles. The zero-order valence-electron chi connectivity index (χ0n) is 6.75. The van der Waals surface area contributed by atoms with Crippen LogP contribution in [0.15, 0.2) is 15.1 Å². The van der Waals surface area contributed by atoms with Crippen molar-refractivity contribution in [1.82, 2.24) is 5.43 Å². The van der Waals surface area contributed by atoms with E-state index in [1.165, 1.54) is 11.6 Å². The second kappa shape index (κ2) is 3.99. The number of aliphatic imine (C=N–C) groups is 2. The summed E-state index contributed by atoms with van der Waals surface area (Å²) in [4.78, 5) is 17.5. The van der Waals surface area contributed by atoms with Crippen molar-refractivity contribution < 1.29 is 18.0 Å². The predicted molar refractivity (Wildman–Crippen MR) is 43.5 cm³/mol. The summed E-state index contributed by atoms with van der Waals surface area (Å²) in [5.74, 6) is -2.21. The Bertz CT molecular complexity index is 304. The summed E-state index contributed by atoms with van der Waals surface area (Å²) in [6.45, 7) is 0.353. The molecule has 0 radical (unpaired) electrons. The monoisotopic (exact) mass is 206 g/mol. The van der Waals surface area contributed by atoms with E-state index in [-0.39, 0.29) is 5.84 Å². The SMILES string of the molecule is O=C(N/N=C1\C=NCC=N1)C(F)(F)F. The highest BCUT2D eigenvalue weighted by molar-refractivity contribution is 6.32. The average molecular weight is 206 g/mol. The quantitative estimate of drug-likeness (QED) is 0.609. The van der Waals surface area contributed by atoms with Crippen LogP contribution in [0.1, 0.15) is 0 Å².